The number of aryl methyl sites for hydroxylation is 1. The summed E-state index contributed by atoms with van der Waals surface area (Å²) >= 11 is 7.51. The summed E-state index contributed by atoms with van der Waals surface area (Å²) in [5.74, 6) is -0.172. The number of carbonyl (C=O) groups excluding carboxylic acids is 1. The molecule has 0 saturated heterocycles. The fraction of sp³-hybridized carbons (Fsp3) is 0.105. The van der Waals surface area contributed by atoms with Crippen LogP contribution in [0, 0.1) is 6.92 Å². The molecule has 0 saturated carbocycles. The van der Waals surface area contributed by atoms with Gasteiger partial charge in [0.2, 0.25) is 0 Å². The smallest absolute Gasteiger partial charge is 0.263 e. The summed E-state index contributed by atoms with van der Waals surface area (Å²) in [5, 5.41) is 4.24. The van der Waals surface area contributed by atoms with E-state index in [-0.39, 0.29) is 5.91 Å². The number of amides is 1. The van der Waals surface area contributed by atoms with Crippen LogP contribution in [0.4, 0.5) is 0 Å². The Morgan fingerprint density at radius 3 is 3.00 bits per heavy atom. The number of hydrogen-bond donors (Lipinski definition) is 1. The summed E-state index contributed by atoms with van der Waals surface area (Å²) in [6.45, 7) is 2.38. The Morgan fingerprint density at radius 1 is 1.31 bits per heavy atom. The maximum Gasteiger partial charge on any atom is 0.263 e. The molecule has 0 unspecified atom stereocenters. The van der Waals surface area contributed by atoms with Crippen molar-refractivity contribution in [3.8, 4) is 10.6 Å². The molecule has 0 aliphatic rings. The van der Waals surface area contributed by atoms with Crippen LogP contribution in [0.1, 0.15) is 20.9 Å². The van der Waals surface area contributed by atoms with Crippen molar-refractivity contribution in [1.29, 1.82) is 0 Å². The standard InChI is InChI=1S/C19H15ClN4OS/c1-12-6-7-24-11-13(23-17(24)8-12)9-21-18(25)16-10-22-19(26-16)14-4-2-3-5-15(14)20/h2-8,10-11H,9H2,1H3,(H,21,25). The second-order valence-electron chi connectivity index (χ2n) is 5.89. The molecule has 1 N–H and O–H groups in total. The van der Waals surface area contributed by atoms with Gasteiger partial charge in [-0.1, -0.05) is 29.8 Å². The first-order valence-electron chi connectivity index (χ1n) is 8.03. The quantitative estimate of drug-likeness (QED) is 0.570. The first kappa shape index (κ1) is 16.8. The predicted molar refractivity (Wildman–Crippen MR) is 104 cm³/mol. The maximum absolute atomic E-state index is 12.4. The number of fused-ring (bicyclic) bond motifs is 1. The van der Waals surface area contributed by atoms with E-state index in [1.807, 2.05) is 60.1 Å². The van der Waals surface area contributed by atoms with E-state index in [2.05, 4.69) is 15.3 Å². The van der Waals surface area contributed by atoms with Crippen molar-refractivity contribution in [3.63, 3.8) is 0 Å². The molecule has 3 aromatic heterocycles. The van der Waals surface area contributed by atoms with Crippen LogP contribution < -0.4 is 5.32 Å². The van der Waals surface area contributed by atoms with E-state index in [1.54, 1.807) is 6.20 Å². The van der Waals surface area contributed by atoms with Gasteiger partial charge >= 0.3 is 0 Å². The molecule has 5 nitrogen and oxygen atoms in total. The lowest BCUT2D eigenvalue weighted by atomic mass is 10.2. The number of hydrogen-bond acceptors (Lipinski definition) is 4. The first-order chi connectivity index (χ1) is 12.6. The lowest BCUT2D eigenvalue weighted by Crippen LogP contribution is -2.21. The summed E-state index contributed by atoms with van der Waals surface area (Å²) in [6.07, 6.45) is 5.45. The van der Waals surface area contributed by atoms with Crippen LogP contribution >= 0.6 is 22.9 Å². The molecule has 1 amide bonds. The topological polar surface area (TPSA) is 59.3 Å². The Labute approximate surface area is 159 Å². The van der Waals surface area contributed by atoms with Crippen LogP contribution in [-0.2, 0) is 6.54 Å². The van der Waals surface area contributed by atoms with Gasteiger partial charge in [0.25, 0.3) is 5.91 Å². The molecule has 0 atom stereocenters. The Hall–Kier alpha value is -2.70. The molecule has 0 spiro atoms. The molecule has 3 heterocycles. The lowest BCUT2D eigenvalue weighted by molar-refractivity contribution is 0.0954. The first-order valence-corrected chi connectivity index (χ1v) is 9.23. The summed E-state index contributed by atoms with van der Waals surface area (Å²) in [4.78, 5) is 21.8. The van der Waals surface area contributed by atoms with Gasteiger partial charge in [-0.25, -0.2) is 9.97 Å². The molecular formula is C19H15ClN4OS. The number of nitrogens with one attached hydrogen (secondary N) is 1. The Kier molecular flexibility index (Phi) is 4.44. The summed E-state index contributed by atoms with van der Waals surface area (Å²) < 4.78 is 1.94. The van der Waals surface area contributed by atoms with E-state index in [0.29, 0.717) is 16.4 Å². The third-order valence-electron chi connectivity index (χ3n) is 3.93. The largest absolute Gasteiger partial charge is 0.346 e. The number of carbonyl (C=O) groups is 1. The van der Waals surface area contributed by atoms with Crippen molar-refractivity contribution in [2.45, 2.75) is 13.5 Å². The number of rotatable bonds is 4. The second-order valence-corrected chi connectivity index (χ2v) is 7.33. The van der Waals surface area contributed by atoms with E-state index < -0.39 is 0 Å². The van der Waals surface area contributed by atoms with Crippen LogP contribution in [0.3, 0.4) is 0 Å². The Bertz CT molecular complexity index is 1100. The zero-order chi connectivity index (χ0) is 18.1. The monoisotopic (exact) mass is 382 g/mol. The van der Waals surface area contributed by atoms with Gasteiger partial charge in [0.1, 0.15) is 15.5 Å². The molecule has 0 aliphatic carbocycles. The third-order valence-corrected chi connectivity index (χ3v) is 5.29. The van der Waals surface area contributed by atoms with Crippen molar-refractivity contribution >= 4 is 34.5 Å². The highest BCUT2D eigenvalue weighted by atomic mass is 35.5. The molecule has 1 aromatic carbocycles. The normalized spacial score (nSPS) is 11.0. The average Bonchev–Trinajstić information content (AvgIpc) is 3.26. The minimum Gasteiger partial charge on any atom is -0.346 e. The number of thiazole rings is 1. The van der Waals surface area contributed by atoms with Crippen LogP contribution in [0.15, 0.2) is 55.0 Å². The van der Waals surface area contributed by atoms with Crippen molar-refractivity contribution in [1.82, 2.24) is 19.7 Å². The molecule has 4 rings (SSSR count). The molecule has 0 aliphatic heterocycles. The van der Waals surface area contributed by atoms with Gasteiger partial charge in [0.05, 0.1) is 23.5 Å². The molecular weight excluding hydrogens is 368 g/mol. The van der Waals surface area contributed by atoms with Crippen LogP contribution in [0.25, 0.3) is 16.2 Å². The van der Waals surface area contributed by atoms with Gasteiger partial charge in [-0.3, -0.25) is 4.79 Å². The second kappa shape index (κ2) is 6.90. The van der Waals surface area contributed by atoms with E-state index in [9.17, 15) is 4.79 Å². The lowest BCUT2D eigenvalue weighted by Gasteiger charge is -2.00. The van der Waals surface area contributed by atoms with Crippen molar-refractivity contribution < 1.29 is 4.79 Å². The van der Waals surface area contributed by atoms with Crippen molar-refractivity contribution in [2.24, 2.45) is 0 Å². The van der Waals surface area contributed by atoms with E-state index in [4.69, 9.17) is 11.6 Å². The summed E-state index contributed by atoms with van der Waals surface area (Å²) in [6, 6.07) is 11.5. The van der Waals surface area contributed by atoms with Crippen LogP contribution in [0.5, 0.6) is 0 Å². The molecule has 0 radical (unpaired) electrons. The molecule has 130 valence electrons. The van der Waals surface area contributed by atoms with E-state index in [0.717, 1.165) is 27.5 Å². The van der Waals surface area contributed by atoms with Gasteiger partial charge in [-0.15, -0.1) is 11.3 Å². The van der Waals surface area contributed by atoms with Gasteiger partial charge in [0.15, 0.2) is 0 Å². The minimum absolute atomic E-state index is 0.172. The number of pyridine rings is 1. The molecule has 7 heteroatoms. The average molecular weight is 383 g/mol. The highest BCUT2D eigenvalue weighted by Gasteiger charge is 2.13. The zero-order valence-electron chi connectivity index (χ0n) is 13.9. The minimum atomic E-state index is -0.172. The molecule has 0 bridgehead atoms. The van der Waals surface area contributed by atoms with Crippen molar-refractivity contribution in [3.05, 3.63) is 76.1 Å². The molecule has 4 aromatic rings. The Balaban J connectivity index is 1.47. The van der Waals surface area contributed by atoms with Gasteiger partial charge in [0, 0.05) is 18.0 Å². The highest BCUT2D eigenvalue weighted by Crippen LogP contribution is 2.30. The van der Waals surface area contributed by atoms with Crippen LogP contribution in [-0.4, -0.2) is 20.3 Å². The maximum atomic E-state index is 12.4. The van der Waals surface area contributed by atoms with Gasteiger partial charge < -0.3 is 9.72 Å². The third kappa shape index (κ3) is 3.34. The highest BCUT2D eigenvalue weighted by molar-refractivity contribution is 7.17. The van der Waals surface area contributed by atoms with Gasteiger partial charge in [-0.2, -0.15) is 0 Å². The van der Waals surface area contributed by atoms with E-state index in [1.165, 1.54) is 11.3 Å². The van der Waals surface area contributed by atoms with Gasteiger partial charge in [-0.05, 0) is 30.7 Å². The Morgan fingerprint density at radius 2 is 2.15 bits per heavy atom. The molecule has 0 fully saturated rings. The van der Waals surface area contributed by atoms with Crippen molar-refractivity contribution in [2.75, 3.05) is 0 Å². The van der Waals surface area contributed by atoms with E-state index >= 15 is 0 Å². The number of imidazole rings is 1. The SMILES string of the molecule is Cc1ccn2cc(CNC(=O)c3cnc(-c4ccccc4Cl)s3)nc2c1. The zero-order valence-corrected chi connectivity index (χ0v) is 15.5. The summed E-state index contributed by atoms with van der Waals surface area (Å²) in [7, 11) is 0. The predicted octanol–water partition coefficient (Wildman–Crippen LogP) is 4.35. The molecule has 26 heavy (non-hydrogen) atoms. The summed E-state index contributed by atoms with van der Waals surface area (Å²) in [5.41, 5.74) is 3.65. The van der Waals surface area contributed by atoms with Crippen LogP contribution in [0.2, 0.25) is 5.02 Å². The number of benzene rings is 1. The fourth-order valence-electron chi connectivity index (χ4n) is 2.62. The number of halogens is 1. The number of aromatic nitrogens is 3. The number of nitrogens with zero attached hydrogens (tertiary/aromatic N) is 3. The fourth-order valence-corrected chi connectivity index (χ4v) is 3.77.